The predicted octanol–water partition coefficient (Wildman–Crippen LogP) is 3.12. The fourth-order valence-corrected chi connectivity index (χ4v) is 3.51. The summed E-state index contributed by atoms with van der Waals surface area (Å²) in [6.07, 6.45) is 5.07. The summed E-state index contributed by atoms with van der Waals surface area (Å²) >= 11 is 0. The number of piperidine rings is 1. The number of nitrogens with zero attached hydrogens (tertiary/aromatic N) is 4. The third-order valence-corrected chi connectivity index (χ3v) is 5.24. The maximum Gasteiger partial charge on any atom is 0.274 e. The average Bonchev–Trinajstić information content (AvgIpc) is 3.21. The van der Waals surface area contributed by atoms with Crippen molar-refractivity contribution in [2.45, 2.75) is 32.6 Å². The van der Waals surface area contributed by atoms with Gasteiger partial charge in [0.15, 0.2) is 5.69 Å². The van der Waals surface area contributed by atoms with Gasteiger partial charge >= 0.3 is 0 Å². The Bertz CT molecular complexity index is 827. The lowest BCUT2D eigenvalue weighted by molar-refractivity contribution is -0.135. The maximum absolute atomic E-state index is 13.4. The molecular weight excluding hydrogens is 359 g/mol. The van der Waals surface area contributed by atoms with Crippen molar-refractivity contribution in [2.24, 2.45) is 5.92 Å². The van der Waals surface area contributed by atoms with E-state index >= 15 is 0 Å². The summed E-state index contributed by atoms with van der Waals surface area (Å²) < 4.78 is 14.9. The Balaban J connectivity index is 1.58. The highest BCUT2D eigenvalue weighted by atomic mass is 19.1. The molecule has 0 saturated carbocycles. The zero-order valence-electron chi connectivity index (χ0n) is 16.5. The molecule has 6 nitrogen and oxygen atoms in total. The molecule has 1 fully saturated rings. The Labute approximate surface area is 164 Å². The van der Waals surface area contributed by atoms with E-state index in [2.05, 4.69) is 12.0 Å². The van der Waals surface area contributed by atoms with Crippen LogP contribution < -0.4 is 0 Å². The number of unbranched alkanes of at least 4 members (excludes halogenated alkanes) is 1. The van der Waals surface area contributed by atoms with Crippen LogP contribution in [-0.4, -0.2) is 58.1 Å². The first-order valence-electron chi connectivity index (χ1n) is 9.85. The largest absolute Gasteiger partial charge is 0.346 e. The number of aromatic nitrogens is 2. The van der Waals surface area contributed by atoms with E-state index in [0.29, 0.717) is 37.3 Å². The van der Waals surface area contributed by atoms with Crippen LogP contribution in [0.15, 0.2) is 36.5 Å². The third-order valence-electron chi connectivity index (χ3n) is 5.24. The van der Waals surface area contributed by atoms with Gasteiger partial charge in [-0.2, -0.15) is 5.10 Å². The number of hydrogen-bond acceptors (Lipinski definition) is 3. The monoisotopic (exact) mass is 386 g/mol. The van der Waals surface area contributed by atoms with E-state index in [9.17, 15) is 14.0 Å². The van der Waals surface area contributed by atoms with Crippen LogP contribution in [-0.2, 0) is 4.79 Å². The van der Waals surface area contributed by atoms with Crippen LogP contribution in [0.5, 0.6) is 0 Å². The minimum atomic E-state index is -0.350. The highest BCUT2D eigenvalue weighted by Gasteiger charge is 2.30. The molecule has 2 aromatic rings. The first kappa shape index (κ1) is 20.0. The summed E-state index contributed by atoms with van der Waals surface area (Å²) in [7, 11) is 1.86. The lowest BCUT2D eigenvalue weighted by Gasteiger charge is -2.32. The van der Waals surface area contributed by atoms with Gasteiger partial charge in [0.05, 0.1) is 5.69 Å². The van der Waals surface area contributed by atoms with Gasteiger partial charge in [-0.3, -0.25) is 9.59 Å². The summed E-state index contributed by atoms with van der Waals surface area (Å²) in [4.78, 5) is 28.8. The molecule has 2 heterocycles. The van der Waals surface area contributed by atoms with Gasteiger partial charge in [0.25, 0.3) is 5.91 Å². The molecule has 7 heteroatoms. The zero-order chi connectivity index (χ0) is 20.1. The van der Waals surface area contributed by atoms with Gasteiger partial charge < -0.3 is 9.80 Å². The zero-order valence-corrected chi connectivity index (χ0v) is 16.5. The number of likely N-dealkylation sites (tertiary alicyclic amines) is 1. The second kappa shape index (κ2) is 8.99. The molecule has 0 unspecified atom stereocenters. The summed E-state index contributed by atoms with van der Waals surface area (Å²) in [5.41, 5.74) is 0.896. The topological polar surface area (TPSA) is 58.4 Å². The lowest BCUT2D eigenvalue weighted by Crippen LogP contribution is -2.43. The number of halogens is 1. The van der Waals surface area contributed by atoms with Crippen LogP contribution in [0.2, 0.25) is 0 Å². The van der Waals surface area contributed by atoms with E-state index in [1.54, 1.807) is 29.3 Å². The summed E-state index contributed by atoms with van der Waals surface area (Å²) in [6.45, 7) is 3.98. The molecule has 0 bridgehead atoms. The second-order valence-corrected chi connectivity index (χ2v) is 7.31. The molecule has 1 aliphatic heterocycles. The van der Waals surface area contributed by atoms with Crippen molar-refractivity contribution in [3.8, 4) is 5.69 Å². The minimum Gasteiger partial charge on any atom is -0.346 e. The molecule has 0 aliphatic carbocycles. The first-order chi connectivity index (χ1) is 13.5. The van der Waals surface area contributed by atoms with Crippen LogP contribution in [0.3, 0.4) is 0 Å². The number of hydrogen-bond donors (Lipinski definition) is 0. The van der Waals surface area contributed by atoms with Crippen LogP contribution in [0.1, 0.15) is 43.1 Å². The molecule has 1 saturated heterocycles. The van der Waals surface area contributed by atoms with Crippen LogP contribution in [0.25, 0.3) is 5.69 Å². The Morgan fingerprint density at radius 1 is 1.25 bits per heavy atom. The van der Waals surface area contributed by atoms with E-state index in [1.807, 2.05) is 11.9 Å². The Hall–Kier alpha value is -2.70. The van der Waals surface area contributed by atoms with E-state index in [4.69, 9.17) is 0 Å². The van der Waals surface area contributed by atoms with E-state index < -0.39 is 0 Å². The van der Waals surface area contributed by atoms with E-state index in [-0.39, 0.29) is 23.5 Å². The van der Waals surface area contributed by atoms with Crippen molar-refractivity contribution in [3.63, 3.8) is 0 Å². The normalized spacial score (nSPS) is 14.9. The first-order valence-corrected chi connectivity index (χ1v) is 9.85. The molecule has 1 aliphatic rings. The molecule has 0 spiro atoms. The molecule has 2 amide bonds. The van der Waals surface area contributed by atoms with Crippen LogP contribution >= 0.6 is 0 Å². The molecule has 150 valence electrons. The molecule has 0 N–H and O–H groups in total. The summed E-state index contributed by atoms with van der Waals surface area (Å²) in [5, 5.41) is 4.30. The fraction of sp³-hybridized carbons (Fsp3) is 0.476. The molecular formula is C21H27FN4O2. The van der Waals surface area contributed by atoms with Crippen molar-refractivity contribution >= 4 is 11.8 Å². The van der Waals surface area contributed by atoms with Crippen molar-refractivity contribution in [1.82, 2.24) is 19.6 Å². The molecule has 3 rings (SSSR count). The van der Waals surface area contributed by atoms with Crippen molar-refractivity contribution in [2.75, 3.05) is 26.7 Å². The Morgan fingerprint density at radius 3 is 2.68 bits per heavy atom. The molecule has 1 aromatic carbocycles. The lowest BCUT2D eigenvalue weighted by atomic mass is 9.95. The number of carbonyl (C=O) groups is 2. The third kappa shape index (κ3) is 4.58. The van der Waals surface area contributed by atoms with Crippen molar-refractivity contribution in [3.05, 3.63) is 48.0 Å². The second-order valence-electron chi connectivity index (χ2n) is 7.31. The number of amides is 2. The highest BCUT2D eigenvalue weighted by Crippen LogP contribution is 2.21. The van der Waals surface area contributed by atoms with Crippen LogP contribution in [0.4, 0.5) is 4.39 Å². The summed E-state index contributed by atoms with van der Waals surface area (Å²) in [5.74, 6) is -0.344. The average molecular weight is 386 g/mol. The minimum absolute atomic E-state index is 0.0178. The van der Waals surface area contributed by atoms with Crippen LogP contribution in [0, 0.1) is 11.7 Å². The molecule has 0 radical (unpaired) electrons. The van der Waals surface area contributed by atoms with Gasteiger partial charge in [-0.05, 0) is 43.5 Å². The predicted molar refractivity (Wildman–Crippen MR) is 105 cm³/mol. The molecule has 0 atom stereocenters. The number of carbonyl (C=O) groups excluding carboxylic acids is 2. The number of rotatable bonds is 6. The van der Waals surface area contributed by atoms with Gasteiger partial charge in [-0.15, -0.1) is 0 Å². The summed E-state index contributed by atoms with van der Waals surface area (Å²) in [6, 6.07) is 7.71. The van der Waals surface area contributed by atoms with Crippen molar-refractivity contribution < 1.29 is 14.0 Å². The molecule has 1 aromatic heterocycles. The van der Waals surface area contributed by atoms with Crippen molar-refractivity contribution in [1.29, 1.82) is 0 Å². The Kier molecular flexibility index (Phi) is 6.44. The van der Waals surface area contributed by atoms with Gasteiger partial charge in [0, 0.05) is 38.8 Å². The standard InChI is InChI=1S/C21H27FN4O2/c1-3-4-11-24(2)20(27)16-8-12-25(13-9-16)21(28)19-10-14-26(23-19)18-7-5-6-17(22)15-18/h5-7,10,14-16H,3-4,8-9,11-13H2,1-2H3. The van der Waals surface area contributed by atoms with E-state index in [1.165, 1.54) is 16.8 Å². The van der Waals surface area contributed by atoms with E-state index in [0.717, 1.165) is 19.4 Å². The number of benzene rings is 1. The smallest absolute Gasteiger partial charge is 0.274 e. The van der Waals surface area contributed by atoms with Gasteiger partial charge in [-0.1, -0.05) is 19.4 Å². The van der Waals surface area contributed by atoms with Gasteiger partial charge in [-0.25, -0.2) is 9.07 Å². The van der Waals surface area contributed by atoms with Gasteiger partial charge in [0.1, 0.15) is 5.82 Å². The highest BCUT2D eigenvalue weighted by molar-refractivity contribution is 5.92. The SMILES string of the molecule is CCCCN(C)C(=O)C1CCN(C(=O)c2ccn(-c3cccc(F)c3)n2)CC1. The fourth-order valence-electron chi connectivity index (χ4n) is 3.51. The molecule has 28 heavy (non-hydrogen) atoms. The maximum atomic E-state index is 13.4. The Morgan fingerprint density at radius 2 is 2.00 bits per heavy atom. The quantitative estimate of drug-likeness (QED) is 0.766. The van der Waals surface area contributed by atoms with Gasteiger partial charge in [0.2, 0.25) is 5.91 Å².